The molecule has 2 nitrogen and oxygen atoms in total. The van der Waals surface area contributed by atoms with Crippen molar-refractivity contribution >= 4 is 7.85 Å². The molecular formula is C10H20BNO. The average Bonchev–Trinajstić information content (AvgIpc) is 2.03. The Bertz CT molecular complexity index is 144. The van der Waals surface area contributed by atoms with E-state index in [1.165, 1.54) is 12.8 Å². The Balaban J connectivity index is 2.40. The maximum absolute atomic E-state index is 5.79. The van der Waals surface area contributed by atoms with E-state index in [9.17, 15) is 0 Å². The van der Waals surface area contributed by atoms with Gasteiger partial charge in [0.25, 0.3) is 0 Å². The zero-order chi connectivity index (χ0) is 9.84. The highest BCUT2D eigenvalue weighted by molar-refractivity contribution is 6.11. The summed E-state index contributed by atoms with van der Waals surface area (Å²) in [4.78, 5) is 2.25. The van der Waals surface area contributed by atoms with E-state index in [1.807, 2.05) is 0 Å². The molecule has 0 N–H and O–H groups in total. The molecule has 1 aliphatic heterocycles. The minimum absolute atomic E-state index is 0.0944. The summed E-state index contributed by atoms with van der Waals surface area (Å²) in [6.45, 7) is 6.34. The summed E-state index contributed by atoms with van der Waals surface area (Å²) in [5.41, 5.74) is 0. The molecule has 0 aromatic carbocycles. The highest BCUT2D eigenvalue weighted by atomic mass is 16.5. The summed E-state index contributed by atoms with van der Waals surface area (Å²) in [6.07, 6.45) is 2.78. The molecule has 2 radical (unpaired) electrons. The van der Waals surface area contributed by atoms with Gasteiger partial charge in [-0.2, -0.15) is 0 Å². The number of ether oxygens (including phenoxy) is 1. The molecule has 3 atom stereocenters. The summed E-state index contributed by atoms with van der Waals surface area (Å²) in [5.74, 6) is 0.624. The lowest BCUT2D eigenvalue weighted by molar-refractivity contribution is -0.0675. The zero-order valence-corrected chi connectivity index (χ0v) is 8.99. The van der Waals surface area contributed by atoms with Gasteiger partial charge in [0.1, 0.15) is 7.85 Å². The topological polar surface area (TPSA) is 12.5 Å². The molecule has 0 spiro atoms. The number of nitrogens with zero attached hydrogens (tertiary/aromatic N) is 1. The van der Waals surface area contributed by atoms with E-state index >= 15 is 0 Å². The van der Waals surface area contributed by atoms with Gasteiger partial charge < -0.3 is 9.64 Å². The molecule has 1 saturated heterocycles. The van der Waals surface area contributed by atoms with Gasteiger partial charge in [-0.25, -0.2) is 0 Å². The van der Waals surface area contributed by atoms with Gasteiger partial charge >= 0.3 is 0 Å². The van der Waals surface area contributed by atoms with Crippen LogP contribution in [-0.2, 0) is 4.74 Å². The summed E-state index contributed by atoms with van der Waals surface area (Å²) in [6, 6.07) is -0.0944. The Morgan fingerprint density at radius 1 is 1.54 bits per heavy atom. The summed E-state index contributed by atoms with van der Waals surface area (Å²) in [5, 5.41) is 0. The van der Waals surface area contributed by atoms with Crippen LogP contribution in [0.2, 0.25) is 0 Å². The first-order valence-corrected chi connectivity index (χ1v) is 5.23. The van der Waals surface area contributed by atoms with Gasteiger partial charge in [0, 0.05) is 19.1 Å². The van der Waals surface area contributed by atoms with Crippen molar-refractivity contribution in [2.45, 2.75) is 38.8 Å². The highest BCUT2D eigenvalue weighted by Gasteiger charge is 2.26. The predicted molar refractivity (Wildman–Crippen MR) is 56.0 cm³/mol. The molecular weight excluding hydrogens is 161 g/mol. The van der Waals surface area contributed by atoms with Crippen molar-refractivity contribution in [1.29, 1.82) is 0 Å². The minimum atomic E-state index is -0.0944. The fourth-order valence-electron chi connectivity index (χ4n) is 1.95. The molecule has 13 heavy (non-hydrogen) atoms. The summed E-state index contributed by atoms with van der Waals surface area (Å²) < 4.78 is 5.71. The van der Waals surface area contributed by atoms with Gasteiger partial charge in [-0.3, -0.25) is 0 Å². The first-order chi connectivity index (χ1) is 6.13. The van der Waals surface area contributed by atoms with E-state index in [-0.39, 0.29) is 6.00 Å². The summed E-state index contributed by atoms with van der Waals surface area (Å²) >= 11 is 0. The number of hydrogen-bond acceptors (Lipinski definition) is 2. The Labute approximate surface area is 83.0 Å². The zero-order valence-electron chi connectivity index (χ0n) is 8.99. The van der Waals surface area contributed by atoms with Crippen LogP contribution in [0.5, 0.6) is 0 Å². The second-order valence-electron chi connectivity index (χ2n) is 4.20. The lowest BCUT2D eigenvalue weighted by atomic mass is 9.93. The van der Waals surface area contributed by atoms with E-state index in [1.54, 1.807) is 0 Å². The van der Waals surface area contributed by atoms with E-state index in [0.717, 1.165) is 13.1 Å². The number of likely N-dealkylation sites (N-methyl/N-ethyl adjacent to an activating group) is 1. The van der Waals surface area contributed by atoms with Gasteiger partial charge in [0.15, 0.2) is 0 Å². The standard InChI is InChI=1S/C10H20BNO/c1-4-5-8(2)9-6-12(3)7-10(11)13-9/h8-10H,4-7H2,1-3H3. The molecule has 0 aromatic heterocycles. The average molecular weight is 181 g/mol. The molecule has 1 fully saturated rings. The third kappa shape index (κ3) is 3.32. The van der Waals surface area contributed by atoms with Crippen LogP contribution in [0.15, 0.2) is 0 Å². The van der Waals surface area contributed by atoms with Gasteiger partial charge in [-0.15, -0.1) is 0 Å². The molecule has 1 rings (SSSR count). The number of rotatable bonds is 3. The van der Waals surface area contributed by atoms with Crippen LogP contribution in [0.25, 0.3) is 0 Å². The molecule has 0 amide bonds. The van der Waals surface area contributed by atoms with Crippen molar-refractivity contribution in [2.75, 3.05) is 20.1 Å². The van der Waals surface area contributed by atoms with Gasteiger partial charge in [-0.05, 0) is 19.4 Å². The lowest BCUT2D eigenvalue weighted by Gasteiger charge is -2.37. The Morgan fingerprint density at radius 3 is 2.77 bits per heavy atom. The number of hydrogen-bond donors (Lipinski definition) is 0. The van der Waals surface area contributed by atoms with Crippen molar-refractivity contribution in [3.8, 4) is 0 Å². The Morgan fingerprint density at radius 2 is 2.23 bits per heavy atom. The Kier molecular flexibility index (Phi) is 4.27. The molecule has 0 saturated carbocycles. The van der Waals surface area contributed by atoms with E-state index < -0.39 is 0 Å². The molecule has 0 aliphatic carbocycles. The van der Waals surface area contributed by atoms with Crippen molar-refractivity contribution in [1.82, 2.24) is 4.90 Å². The third-order valence-corrected chi connectivity index (χ3v) is 2.71. The SMILES string of the molecule is [B]C1CN(C)CC(C(C)CCC)O1. The van der Waals surface area contributed by atoms with Gasteiger partial charge in [-0.1, -0.05) is 20.3 Å². The van der Waals surface area contributed by atoms with E-state index in [2.05, 4.69) is 25.8 Å². The smallest absolute Gasteiger partial charge is 0.110 e. The van der Waals surface area contributed by atoms with Crippen LogP contribution in [-0.4, -0.2) is 45.0 Å². The molecule has 1 heterocycles. The second-order valence-corrected chi connectivity index (χ2v) is 4.20. The number of morpholine rings is 1. The van der Waals surface area contributed by atoms with Gasteiger partial charge in [0.2, 0.25) is 0 Å². The van der Waals surface area contributed by atoms with Crippen LogP contribution in [0.1, 0.15) is 26.7 Å². The van der Waals surface area contributed by atoms with Gasteiger partial charge in [0.05, 0.1) is 6.10 Å². The maximum Gasteiger partial charge on any atom is 0.110 e. The van der Waals surface area contributed by atoms with Crippen LogP contribution < -0.4 is 0 Å². The van der Waals surface area contributed by atoms with E-state index in [4.69, 9.17) is 12.6 Å². The van der Waals surface area contributed by atoms with Crippen LogP contribution in [0.4, 0.5) is 0 Å². The van der Waals surface area contributed by atoms with Crippen molar-refractivity contribution in [3.63, 3.8) is 0 Å². The first-order valence-electron chi connectivity index (χ1n) is 5.23. The largest absolute Gasteiger partial charge is 0.382 e. The molecule has 3 unspecified atom stereocenters. The maximum atomic E-state index is 5.79. The highest BCUT2D eigenvalue weighted by Crippen LogP contribution is 2.19. The van der Waals surface area contributed by atoms with Crippen LogP contribution >= 0.6 is 0 Å². The van der Waals surface area contributed by atoms with Crippen LogP contribution in [0.3, 0.4) is 0 Å². The molecule has 3 heteroatoms. The molecule has 0 aromatic rings. The lowest BCUT2D eigenvalue weighted by Crippen LogP contribution is -2.48. The quantitative estimate of drug-likeness (QED) is 0.607. The first kappa shape index (κ1) is 11.1. The van der Waals surface area contributed by atoms with E-state index in [0.29, 0.717) is 12.0 Å². The molecule has 0 bridgehead atoms. The molecule has 74 valence electrons. The van der Waals surface area contributed by atoms with Crippen LogP contribution in [0, 0.1) is 5.92 Å². The van der Waals surface area contributed by atoms with Crippen molar-refractivity contribution in [3.05, 3.63) is 0 Å². The second kappa shape index (κ2) is 5.01. The monoisotopic (exact) mass is 181 g/mol. The van der Waals surface area contributed by atoms with Crippen molar-refractivity contribution < 1.29 is 4.74 Å². The minimum Gasteiger partial charge on any atom is -0.382 e. The molecule has 1 aliphatic rings. The third-order valence-electron chi connectivity index (χ3n) is 2.71. The normalized spacial score (nSPS) is 33.2. The summed E-state index contributed by atoms with van der Waals surface area (Å²) in [7, 11) is 7.89. The fourth-order valence-corrected chi connectivity index (χ4v) is 1.95. The van der Waals surface area contributed by atoms with Crippen molar-refractivity contribution in [2.24, 2.45) is 5.92 Å². The predicted octanol–water partition coefficient (Wildman–Crippen LogP) is 1.25. The Hall–Kier alpha value is -0.0151. The fraction of sp³-hybridized carbons (Fsp3) is 1.00.